The van der Waals surface area contributed by atoms with Crippen LogP contribution in [-0.2, 0) is 6.42 Å². The molecule has 0 unspecified atom stereocenters. The van der Waals surface area contributed by atoms with Gasteiger partial charge in [-0.3, -0.25) is 0 Å². The number of benzene rings is 1. The van der Waals surface area contributed by atoms with Crippen LogP contribution in [0.3, 0.4) is 0 Å². The molecular formula is C13H19NSSi. The van der Waals surface area contributed by atoms with Crippen LogP contribution < -0.4 is 10.5 Å². The number of thiophene rings is 1. The lowest BCUT2D eigenvalue weighted by Crippen LogP contribution is -2.20. The molecule has 1 heterocycles. The molecule has 3 heteroatoms. The van der Waals surface area contributed by atoms with Gasteiger partial charge in [0.25, 0.3) is 0 Å². The van der Waals surface area contributed by atoms with E-state index in [2.05, 4.69) is 42.0 Å². The number of likely N-dealkylation sites (N-methyl/N-ethyl adjacent to an activating group) is 1. The summed E-state index contributed by atoms with van der Waals surface area (Å²) < 4.78 is 1.46. The van der Waals surface area contributed by atoms with Crippen LogP contribution in [0.4, 0.5) is 0 Å². The Bertz CT molecular complexity index is 476. The van der Waals surface area contributed by atoms with E-state index in [1.807, 2.05) is 18.4 Å². The van der Waals surface area contributed by atoms with Gasteiger partial charge in [-0.05, 0) is 47.6 Å². The van der Waals surface area contributed by atoms with Gasteiger partial charge in [0, 0.05) is 4.70 Å². The molecule has 0 saturated heterocycles. The summed E-state index contributed by atoms with van der Waals surface area (Å²) in [5, 5.41) is 8.69. The highest BCUT2D eigenvalue weighted by atomic mass is 32.1. The Morgan fingerprint density at radius 3 is 2.81 bits per heavy atom. The minimum atomic E-state index is -0.670. The maximum absolute atomic E-state index is 3.20. The number of hydrogen-bond acceptors (Lipinski definition) is 2. The van der Waals surface area contributed by atoms with E-state index in [0.717, 1.165) is 13.0 Å². The number of rotatable bonds is 4. The fourth-order valence-corrected chi connectivity index (χ4v) is 5.15. The second-order valence-corrected chi connectivity index (χ2v) is 8.37. The Morgan fingerprint density at radius 2 is 2.12 bits per heavy atom. The lowest BCUT2D eigenvalue weighted by molar-refractivity contribution is 0.792. The first-order valence-corrected chi connectivity index (χ1v) is 9.63. The standard InChI is InChI=1S/C13H19NSSi/c1-14-7-6-10-4-5-11-12(8-10)15-9-13(11)16(2)3/h4-5,8-9,14,16H,6-7H2,1-3H3. The molecule has 0 spiro atoms. The van der Waals surface area contributed by atoms with Crippen molar-refractivity contribution in [2.45, 2.75) is 19.5 Å². The molecule has 2 aromatic rings. The SMILES string of the molecule is CNCCc1ccc2c([SiH](C)C)csc2c1. The molecule has 0 amide bonds. The normalized spacial score (nSPS) is 11.5. The van der Waals surface area contributed by atoms with Gasteiger partial charge in [-0.15, -0.1) is 11.3 Å². The first-order valence-electron chi connectivity index (χ1n) is 5.87. The highest BCUT2D eigenvalue weighted by molar-refractivity contribution is 7.18. The maximum Gasteiger partial charge on any atom is 0.0666 e. The number of nitrogens with one attached hydrogen (secondary N) is 1. The van der Waals surface area contributed by atoms with Gasteiger partial charge in [0.1, 0.15) is 0 Å². The molecule has 0 aliphatic carbocycles. The van der Waals surface area contributed by atoms with Gasteiger partial charge in [-0.1, -0.05) is 25.2 Å². The molecule has 1 aromatic heterocycles. The first-order chi connectivity index (χ1) is 7.72. The topological polar surface area (TPSA) is 12.0 Å². The van der Waals surface area contributed by atoms with Crippen LogP contribution in [-0.4, -0.2) is 22.4 Å². The second-order valence-electron chi connectivity index (χ2n) is 4.53. The molecule has 0 fully saturated rings. The van der Waals surface area contributed by atoms with Gasteiger partial charge in [0.05, 0.1) is 8.80 Å². The zero-order valence-electron chi connectivity index (χ0n) is 10.2. The quantitative estimate of drug-likeness (QED) is 0.820. The van der Waals surface area contributed by atoms with Crippen LogP contribution in [0.2, 0.25) is 13.1 Å². The molecule has 1 nitrogen and oxygen atoms in total. The molecule has 0 saturated carbocycles. The van der Waals surface area contributed by atoms with Crippen molar-refractivity contribution in [2.75, 3.05) is 13.6 Å². The third kappa shape index (κ3) is 2.37. The summed E-state index contributed by atoms with van der Waals surface area (Å²) in [6, 6.07) is 6.96. The van der Waals surface area contributed by atoms with Crippen molar-refractivity contribution >= 4 is 35.4 Å². The van der Waals surface area contributed by atoms with E-state index < -0.39 is 8.80 Å². The third-order valence-electron chi connectivity index (χ3n) is 2.96. The molecule has 0 bridgehead atoms. The third-order valence-corrected chi connectivity index (χ3v) is 5.88. The molecular weight excluding hydrogens is 230 g/mol. The van der Waals surface area contributed by atoms with Crippen LogP contribution in [0.1, 0.15) is 5.56 Å². The highest BCUT2D eigenvalue weighted by Crippen LogP contribution is 2.21. The fraction of sp³-hybridized carbons (Fsp3) is 0.385. The Kier molecular flexibility index (Phi) is 3.79. The van der Waals surface area contributed by atoms with E-state index in [0.29, 0.717) is 0 Å². The smallest absolute Gasteiger partial charge is 0.0666 e. The molecule has 0 atom stereocenters. The molecule has 0 aliphatic heterocycles. The summed E-state index contributed by atoms with van der Waals surface area (Å²) in [5.74, 6) is 0. The minimum absolute atomic E-state index is 0.670. The van der Waals surface area contributed by atoms with Crippen LogP contribution >= 0.6 is 11.3 Å². The predicted octanol–water partition coefficient (Wildman–Crippen LogP) is 2.36. The summed E-state index contributed by atoms with van der Waals surface area (Å²) in [5.41, 5.74) is 1.45. The fourth-order valence-electron chi connectivity index (χ4n) is 1.97. The van der Waals surface area contributed by atoms with Gasteiger partial charge >= 0.3 is 0 Å². The van der Waals surface area contributed by atoms with Crippen molar-refractivity contribution in [1.82, 2.24) is 5.32 Å². The Labute approximate surface area is 103 Å². The minimum Gasteiger partial charge on any atom is -0.319 e. The van der Waals surface area contributed by atoms with Crippen molar-refractivity contribution in [3.05, 3.63) is 29.1 Å². The maximum atomic E-state index is 3.20. The van der Waals surface area contributed by atoms with Crippen molar-refractivity contribution in [3.8, 4) is 0 Å². The van der Waals surface area contributed by atoms with E-state index in [1.165, 1.54) is 15.6 Å². The summed E-state index contributed by atoms with van der Waals surface area (Å²) >= 11 is 1.90. The summed E-state index contributed by atoms with van der Waals surface area (Å²) in [7, 11) is 1.34. The molecule has 0 radical (unpaired) electrons. The second kappa shape index (κ2) is 5.12. The van der Waals surface area contributed by atoms with E-state index in [4.69, 9.17) is 0 Å². The largest absolute Gasteiger partial charge is 0.319 e. The van der Waals surface area contributed by atoms with Gasteiger partial charge in [-0.25, -0.2) is 0 Å². The average Bonchev–Trinajstić information content (AvgIpc) is 2.69. The van der Waals surface area contributed by atoms with Crippen molar-refractivity contribution < 1.29 is 0 Å². The molecule has 1 aromatic carbocycles. The Balaban J connectivity index is 2.33. The van der Waals surface area contributed by atoms with Gasteiger partial charge in [-0.2, -0.15) is 0 Å². The average molecular weight is 249 g/mol. The highest BCUT2D eigenvalue weighted by Gasteiger charge is 2.08. The summed E-state index contributed by atoms with van der Waals surface area (Å²) in [6.45, 7) is 5.86. The van der Waals surface area contributed by atoms with Crippen LogP contribution in [0, 0.1) is 0 Å². The predicted molar refractivity (Wildman–Crippen MR) is 78.0 cm³/mol. The van der Waals surface area contributed by atoms with Crippen molar-refractivity contribution in [1.29, 1.82) is 0 Å². The molecule has 2 rings (SSSR count). The van der Waals surface area contributed by atoms with Gasteiger partial charge < -0.3 is 5.32 Å². The molecule has 1 N–H and O–H groups in total. The zero-order chi connectivity index (χ0) is 11.5. The lowest BCUT2D eigenvalue weighted by atomic mass is 10.1. The Morgan fingerprint density at radius 1 is 1.31 bits per heavy atom. The number of hydrogen-bond donors (Lipinski definition) is 1. The van der Waals surface area contributed by atoms with E-state index in [9.17, 15) is 0 Å². The monoisotopic (exact) mass is 249 g/mol. The zero-order valence-corrected chi connectivity index (χ0v) is 12.2. The lowest BCUT2D eigenvalue weighted by Gasteiger charge is -2.03. The van der Waals surface area contributed by atoms with Crippen molar-refractivity contribution in [2.24, 2.45) is 0 Å². The van der Waals surface area contributed by atoms with Crippen LogP contribution in [0.5, 0.6) is 0 Å². The molecule has 86 valence electrons. The van der Waals surface area contributed by atoms with E-state index >= 15 is 0 Å². The first kappa shape index (κ1) is 11.8. The molecule has 0 aliphatic rings. The van der Waals surface area contributed by atoms with Crippen LogP contribution in [0.25, 0.3) is 10.1 Å². The van der Waals surface area contributed by atoms with E-state index in [-0.39, 0.29) is 0 Å². The summed E-state index contributed by atoms with van der Waals surface area (Å²) in [6.07, 6.45) is 1.12. The van der Waals surface area contributed by atoms with Crippen molar-refractivity contribution in [3.63, 3.8) is 0 Å². The van der Waals surface area contributed by atoms with E-state index in [1.54, 1.807) is 5.19 Å². The molecule has 16 heavy (non-hydrogen) atoms. The summed E-state index contributed by atoms with van der Waals surface area (Å²) in [4.78, 5) is 0. The number of fused-ring (bicyclic) bond motifs is 1. The van der Waals surface area contributed by atoms with Crippen LogP contribution in [0.15, 0.2) is 23.6 Å². The Hall–Kier alpha value is -0.643. The van der Waals surface area contributed by atoms with Gasteiger partial charge in [0.2, 0.25) is 0 Å². The van der Waals surface area contributed by atoms with Gasteiger partial charge in [0.15, 0.2) is 0 Å².